The Balaban J connectivity index is 1.39. The van der Waals surface area contributed by atoms with E-state index >= 15 is 0 Å². The molecule has 0 atom stereocenters. The normalized spacial score (nSPS) is 15.7. The van der Waals surface area contributed by atoms with Crippen LogP contribution in [0, 0.1) is 0 Å². The lowest BCUT2D eigenvalue weighted by Crippen LogP contribution is -2.38. The van der Waals surface area contributed by atoms with Crippen LogP contribution in [0.15, 0.2) is 78.4 Å². The first kappa shape index (κ1) is 23.3. The largest absolute Gasteiger partial charge is 0.494 e. The molecule has 180 valence electrons. The Hall–Kier alpha value is -3.41. The second-order valence-electron chi connectivity index (χ2n) is 8.80. The summed E-state index contributed by atoms with van der Waals surface area (Å²) >= 11 is 0. The van der Waals surface area contributed by atoms with E-state index in [9.17, 15) is 4.79 Å². The number of rotatable bonds is 9. The minimum Gasteiger partial charge on any atom is -0.494 e. The van der Waals surface area contributed by atoms with Crippen LogP contribution in [-0.2, 0) is 11.2 Å². The summed E-state index contributed by atoms with van der Waals surface area (Å²) in [6.07, 6.45) is 0.594. The molecule has 0 saturated carbocycles. The fourth-order valence-electron chi connectivity index (χ4n) is 4.78. The van der Waals surface area contributed by atoms with Crippen molar-refractivity contribution >= 4 is 11.4 Å². The topological polar surface area (TPSA) is 48.0 Å². The van der Waals surface area contributed by atoms with Gasteiger partial charge in [-0.05, 0) is 53.5 Å². The van der Waals surface area contributed by atoms with Crippen LogP contribution in [0.5, 0.6) is 11.5 Å². The quantitative estimate of drug-likeness (QED) is 0.411. The van der Waals surface area contributed by atoms with Crippen molar-refractivity contribution in [3.63, 3.8) is 0 Å². The van der Waals surface area contributed by atoms with Gasteiger partial charge in [0, 0.05) is 37.2 Å². The molecular formula is C30H31NO4. The van der Waals surface area contributed by atoms with Crippen molar-refractivity contribution in [2.45, 2.75) is 13.3 Å². The van der Waals surface area contributed by atoms with E-state index in [1.54, 1.807) is 0 Å². The maximum Gasteiger partial charge on any atom is 0.189 e. The first-order valence-electron chi connectivity index (χ1n) is 12.4. The van der Waals surface area contributed by atoms with Gasteiger partial charge < -0.3 is 14.2 Å². The molecule has 1 aliphatic carbocycles. The van der Waals surface area contributed by atoms with Crippen molar-refractivity contribution in [3.8, 4) is 11.5 Å². The van der Waals surface area contributed by atoms with Crippen LogP contribution in [0.3, 0.4) is 0 Å². The average molecular weight is 470 g/mol. The molecule has 1 heterocycles. The molecule has 3 aromatic carbocycles. The Bertz CT molecular complexity index is 1190. The smallest absolute Gasteiger partial charge is 0.189 e. The van der Waals surface area contributed by atoms with Crippen molar-refractivity contribution in [1.29, 1.82) is 0 Å². The van der Waals surface area contributed by atoms with Gasteiger partial charge in [0.2, 0.25) is 0 Å². The molecule has 0 spiro atoms. The van der Waals surface area contributed by atoms with Gasteiger partial charge in [-0.1, -0.05) is 48.5 Å². The number of hydrogen-bond donors (Lipinski definition) is 0. The second-order valence-corrected chi connectivity index (χ2v) is 8.80. The molecular weight excluding hydrogens is 438 g/mol. The van der Waals surface area contributed by atoms with E-state index in [2.05, 4.69) is 29.2 Å². The Labute approximate surface area is 206 Å². The van der Waals surface area contributed by atoms with Crippen LogP contribution in [0.25, 0.3) is 5.57 Å². The molecule has 35 heavy (non-hydrogen) atoms. The molecule has 0 amide bonds. The molecule has 0 N–H and O–H groups in total. The van der Waals surface area contributed by atoms with Gasteiger partial charge in [-0.3, -0.25) is 9.69 Å². The summed E-state index contributed by atoms with van der Waals surface area (Å²) in [6.45, 7) is 7.62. The highest BCUT2D eigenvalue weighted by molar-refractivity contribution is 6.16. The molecule has 2 aliphatic rings. The number of ether oxygens (including phenoxy) is 3. The predicted molar refractivity (Wildman–Crippen MR) is 137 cm³/mol. The molecule has 5 nitrogen and oxygen atoms in total. The number of morpholine rings is 1. The molecule has 5 heteroatoms. The van der Waals surface area contributed by atoms with E-state index in [1.165, 1.54) is 0 Å². The van der Waals surface area contributed by atoms with Crippen molar-refractivity contribution < 1.29 is 19.0 Å². The van der Waals surface area contributed by atoms with Gasteiger partial charge >= 0.3 is 0 Å². The lowest BCUT2D eigenvalue weighted by Gasteiger charge is -2.26. The summed E-state index contributed by atoms with van der Waals surface area (Å²) in [6, 6.07) is 23.8. The van der Waals surface area contributed by atoms with Crippen molar-refractivity contribution in [2.24, 2.45) is 0 Å². The average Bonchev–Trinajstić information content (AvgIpc) is 3.29. The van der Waals surface area contributed by atoms with Gasteiger partial charge in [-0.2, -0.15) is 0 Å². The summed E-state index contributed by atoms with van der Waals surface area (Å²) < 4.78 is 17.1. The highest BCUT2D eigenvalue weighted by Crippen LogP contribution is 2.40. The molecule has 0 aromatic heterocycles. The summed E-state index contributed by atoms with van der Waals surface area (Å²) in [5.41, 5.74) is 5.76. The number of carbonyl (C=O) groups is 1. The number of Topliss-reactive ketones (excluding diaryl/α,β-unsaturated/α-hetero) is 1. The maximum absolute atomic E-state index is 13.5. The van der Waals surface area contributed by atoms with Crippen molar-refractivity contribution in [3.05, 3.63) is 101 Å². The van der Waals surface area contributed by atoms with Gasteiger partial charge in [-0.25, -0.2) is 0 Å². The summed E-state index contributed by atoms with van der Waals surface area (Å²) in [5.74, 6) is 1.74. The molecule has 5 rings (SSSR count). The molecule has 0 unspecified atom stereocenters. The van der Waals surface area contributed by atoms with Crippen molar-refractivity contribution in [1.82, 2.24) is 4.90 Å². The lowest BCUT2D eigenvalue weighted by molar-refractivity contribution is 0.0322. The van der Waals surface area contributed by atoms with Crippen LogP contribution < -0.4 is 9.47 Å². The minimum absolute atomic E-state index is 0.0700. The molecule has 1 aliphatic heterocycles. The number of fused-ring (bicyclic) bond motifs is 1. The monoisotopic (exact) mass is 469 g/mol. The Morgan fingerprint density at radius 3 is 2.40 bits per heavy atom. The van der Waals surface area contributed by atoms with Gasteiger partial charge in [0.15, 0.2) is 5.78 Å². The van der Waals surface area contributed by atoms with E-state index in [1.807, 2.05) is 55.5 Å². The number of allylic oxidation sites excluding steroid dienone is 1. The molecule has 3 aromatic rings. The van der Waals surface area contributed by atoms with Crippen LogP contribution >= 0.6 is 0 Å². The molecule has 1 fully saturated rings. The zero-order chi connectivity index (χ0) is 24.0. The van der Waals surface area contributed by atoms with E-state index in [0.717, 1.165) is 72.2 Å². The van der Waals surface area contributed by atoms with Gasteiger partial charge in [0.05, 0.1) is 19.8 Å². The fraction of sp³-hybridized carbons (Fsp3) is 0.300. The number of benzene rings is 3. The number of ketones is 1. The lowest BCUT2D eigenvalue weighted by atomic mass is 9.94. The van der Waals surface area contributed by atoms with Crippen molar-refractivity contribution in [2.75, 3.05) is 46.1 Å². The van der Waals surface area contributed by atoms with Crippen LogP contribution in [0.2, 0.25) is 0 Å². The summed E-state index contributed by atoms with van der Waals surface area (Å²) in [7, 11) is 0. The Kier molecular flexibility index (Phi) is 7.26. The van der Waals surface area contributed by atoms with Crippen LogP contribution in [0.4, 0.5) is 0 Å². The highest BCUT2D eigenvalue weighted by atomic mass is 16.5. The zero-order valence-electron chi connectivity index (χ0n) is 20.2. The fourth-order valence-corrected chi connectivity index (χ4v) is 4.78. The first-order chi connectivity index (χ1) is 17.2. The Morgan fingerprint density at radius 2 is 1.66 bits per heavy atom. The number of carbonyl (C=O) groups excluding carboxylic acids is 1. The van der Waals surface area contributed by atoms with E-state index in [0.29, 0.717) is 25.2 Å². The van der Waals surface area contributed by atoms with Gasteiger partial charge in [-0.15, -0.1) is 0 Å². The second kappa shape index (κ2) is 10.9. The SMILES string of the molecule is CCOc1ccc2c(c1)CC(C(=O)c1ccccc1)=C2c1ccc(OCCN2CCOCC2)cc1. The third-order valence-electron chi connectivity index (χ3n) is 6.56. The Morgan fingerprint density at radius 1 is 0.914 bits per heavy atom. The predicted octanol–water partition coefficient (Wildman–Crippen LogP) is 5.04. The molecule has 0 bridgehead atoms. The van der Waals surface area contributed by atoms with Gasteiger partial charge in [0.1, 0.15) is 18.1 Å². The molecule has 0 radical (unpaired) electrons. The number of nitrogens with zero attached hydrogens (tertiary/aromatic N) is 1. The molecule has 1 saturated heterocycles. The maximum atomic E-state index is 13.5. The third-order valence-corrected chi connectivity index (χ3v) is 6.56. The summed E-state index contributed by atoms with van der Waals surface area (Å²) in [5, 5.41) is 0. The number of hydrogen-bond acceptors (Lipinski definition) is 5. The standard InChI is InChI=1S/C30H31NO4/c1-2-34-26-12-13-27-24(20-26)21-28(30(32)23-6-4-3-5-7-23)29(27)22-8-10-25(11-9-22)35-19-16-31-14-17-33-18-15-31/h3-13,20H,2,14-19,21H2,1H3. The third kappa shape index (κ3) is 5.31. The first-order valence-corrected chi connectivity index (χ1v) is 12.4. The minimum atomic E-state index is 0.0700. The van der Waals surface area contributed by atoms with E-state index in [4.69, 9.17) is 14.2 Å². The van der Waals surface area contributed by atoms with Crippen LogP contribution in [0.1, 0.15) is 34.0 Å². The summed E-state index contributed by atoms with van der Waals surface area (Å²) in [4.78, 5) is 15.9. The van der Waals surface area contributed by atoms with Crippen LogP contribution in [-0.4, -0.2) is 56.7 Å². The van der Waals surface area contributed by atoms with E-state index < -0.39 is 0 Å². The highest BCUT2D eigenvalue weighted by Gasteiger charge is 2.28. The zero-order valence-corrected chi connectivity index (χ0v) is 20.2. The van der Waals surface area contributed by atoms with E-state index in [-0.39, 0.29) is 5.78 Å². The van der Waals surface area contributed by atoms with Gasteiger partial charge in [0.25, 0.3) is 0 Å².